The number of hydrogen-bond donors (Lipinski definition) is 2. The van der Waals surface area contributed by atoms with E-state index >= 15 is 0 Å². The molecule has 0 fully saturated rings. The molecule has 0 spiro atoms. The number of carboxylic acids is 1. The number of nitrogens with one attached hydrogen (secondary N) is 1. The molecule has 98 valence electrons. The number of benzene rings is 1. The first-order valence-electron chi connectivity index (χ1n) is 6.08. The van der Waals surface area contributed by atoms with Crippen LogP contribution in [0.3, 0.4) is 0 Å². The van der Waals surface area contributed by atoms with Crippen molar-refractivity contribution in [3.05, 3.63) is 53.7 Å². The van der Waals surface area contributed by atoms with Crippen molar-refractivity contribution in [1.29, 1.82) is 0 Å². The molecule has 5 nitrogen and oxygen atoms in total. The summed E-state index contributed by atoms with van der Waals surface area (Å²) in [6.45, 7) is 2.03. The van der Waals surface area contributed by atoms with Crippen LogP contribution >= 0.6 is 0 Å². The smallest absolute Gasteiger partial charge is 0.339 e. The lowest BCUT2D eigenvalue weighted by molar-refractivity contribution is 0.0697. The number of rotatable bonds is 5. The van der Waals surface area contributed by atoms with E-state index < -0.39 is 5.97 Å². The lowest BCUT2D eigenvalue weighted by Crippen LogP contribution is -2.14. The molecule has 2 rings (SSSR count). The van der Waals surface area contributed by atoms with Crippen LogP contribution in [0.25, 0.3) is 0 Å². The summed E-state index contributed by atoms with van der Waals surface area (Å²) in [6, 6.07) is 11.3. The minimum atomic E-state index is -1.01. The van der Waals surface area contributed by atoms with Gasteiger partial charge >= 0.3 is 5.97 Å². The van der Waals surface area contributed by atoms with E-state index in [1.807, 2.05) is 37.3 Å². The molecule has 1 atom stereocenters. The predicted octanol–water partition coefficient (Wildman–Crippen LogP) is 2.74. The number of aromatic carboxylic acids is 1. The number of hydrogen-bond acceptors (Lipinski definition) is 4. The predicted molar refractivity (Wildman–Crippen MR) is 72.1 cm³/mol. The van der Waals surface area contributed by atoms with Gasteiger partial charge in [-0.05, 0) is 18.1 Å². The highest BCUT2D eigenvalue weighted by Crippen LogP contribution is 2.22. The van der Waals surface area contributed by atoms with Crippen molar-refractivity contribution < 1.29 is 9.90 Å². The zero-order valence-corrected chi connectivity index (χ0v) is 10.6. The summed E-state index contributed by atoms with van der Waals surface area (Å²) in [5, 5.41) is 19.9. The van der Waals surface area contributed by atoms with Gasteiger partial charge in [-0.15, -0.1) is 5.10 Å². The van der Waals surface area contributed by atoms with Gasteiger partial charge in [0.25, 0.3) is 0 Å². The molecule has 1 aromatic heterocycles. The SMILES string of the molecule is CCC(Nc1nnccc1C(=O)O)c1ccccc1. The lowest BCUT2D eigenvalue weighted by atomic mass is 10.0. The molecule has 0 bridgehead atoms. The van der Waals surface area contributed by atoms with E-state index in [1.165, 1.54) is 12.3 Å². The summed E-state index contributed by atoms with van der Waals surface area (Å²) in [4.78, 5) is 11.1. The summed E-state index contributed by atoms with van der Waals surface area (Å²) in [7, 11) is 0. The molecule has 0 aliphatic rings. The standard InChI is InChI=1S/C14H15N3O2/c1-2-12(10-6-4-3-5-7-10)16-13-11(14(18)19)8-9-15-17-13/h3-9,12H,2H2,1H3,(H,16,17)(H,18,19). The second kappa shape index (κ2) is 5.95. The van der Waals surface area contributed by atoms with Crippen LogP contribution in [0.5, 0.6) is 0 Å². The second-order valence-electron chi connectivity index (χ2n) is 4.11. The van der Waals surface area contributed by atoms with E-state index in [0.717, 1.165) is 12.0 Å². The monoisotopic (exact) mass is 257 g/mol. The van der Waals surface area contributed by atoms with Crippen molar-refractivity contribution in [2.75, 3.05) is 5.32 Å². The third-order valence-corrected chi connectivity index (χ3v) is 2.87. The lowest BCUT2D eigenvalue weighted by Gasteiger charge is -2.18. The van der Waals surface area contributed by atoms with Gasteiger partial charge in [-0.25, -0.2) is 4.79 Å². The van der Waals surface area contributed by atoms with Gasteiger partial charge in [-0.3, -0.25) is 0 Å². The molecule has 0 aliphatic carbocycles. The molecule has 0 saturated heterocycles. The Kier molecular flexibility index (Phi) is 4.07. The zero-order valence-electron chi connectivity index (χ0n) is 10.6. The number of aromatic nitrogens is 2. The Balaban J connectivity index is 2.27. The Morgan fingerprint density at radius 2 is 2.05 bits per heavy atom. The van der Waals surface area contributed by atoms with E-state index in [2.05, 4.69) is 15.5 Å². The van der Waals surface area contributed by atoms with Crippen LogP contribution in [0.15, 0.2) is 42.6 Å². The Morgan fingerprint density at radius 3 is 2.68 bits per heavy atom. The maximum atomic E-state index is 11.1. The van der Waals surface area contributed by atoms with Gasteiger partial charge in [-0.1, -0.05) is 37.3 Å². The largest absolute Gasteiger partial charge is 0.478 e. The quantitative estimate of drug-likeness (QED) is 0.861. The third kappa shape index (κ3) is 3.07. The molecule has 2 aromatic rings. The van der Waals surface area contributed by atoms with Gasteiger partial charge in [0.2, 0.25) is 0 Å². The molecule has 19 heavy (non-hydrogen) atoms. The van der Waals surface area contributed by atoms with Crippen LogP contribution in [-0.2, 0) is 0 Å². The Morgan fingerprint density at radius 1 is 1.32 bits per heavy atom. The molecule has 1 unspecified atom stereocenters. The molecule has 2 N–H and O–H groups in total. The number of carboxylic acid groups (broad SMARTS) is 1. The van der Waals surface area contributed by atoms with E-state index in [4.69, 9.17) is 5.11 Å². The van der Waals surface area contributed by atoms with Crippen LogP contribution in [0.1, 0.15) is 35.3 Å². The summed E-state index contributed by atoms with van der Waals surface area (Å²) >= 11 is 0. The fourth-order valence-corrected chi connectivity index (χ4v) is 1.88. The van der Waals surface area contributed by atoms with Gasteiger partial charge in [0.1, 0.15) is 5.56 Å². The number of nitrogens with zero attached hydrogens (tertiary/aromatic N) is 2. The summed E-state index contributed by atoms with van der Waals surface area (Å²) in [5.41, 5.74) is 1.22. The van der Waals surface area contributed by atoms with E-state index in [1.54, 1.807) is 0 Å². The molecule has 0 saturated carbocycles. The van der Waals surface area contributed by atoms with Crippen LogP contribution in [0.2, 0.25) is 0 Å². The molecule has 0 radical (unpaired) electrons. The van der Waals surface area contributed by atoms with Crippen molar-refractivity contribution in [2.24, 2.45) is 0 Å². The van der Waals surface area contributed by atoms with Crippen LogP contribution < -0.4 is 5.32 Å². The minimum Gasteiger partial charge on any atom is -0.478 e. The zero-order chi connectivity index (χ0) is 13.7. The maximum absolute atomic E-state index is 11.1. The first-order valence-corrected chi connectivity index (χ1v) is 6.08. The normalized spacial score (nSPS) is 11.8. The van der Waals surface area contributed by atoms with Gasteiger partial charge in [0, 0.05) is 0 Å². The Bertz CT molecular complexity index is 558. The average Bonchev–Trinajstić information content (AvgIpc) is 2.46. The molecule has 0 aliphatic heterocycles. The minimum absolute atomic E-state index is 0.0102. The average molecular weight is 257 g/mol. The molecular weight excluding hydrogens is 242 g/mol. The maximum Gasteiger partial charge on any atom is 0.339 e. The van der Waals surface area contributed by atoms with Crippen molar-refractivity contribution in [2.45, 2.75) is 19.4 Å². The number of anilines is 1. The first kappa shape index (κ1) is 13.0. The van der Waals surface area contributed by atoms with Gasteiger partial charge in [-0.2, -0.15) is 5.10 Å². The van der Waals surface area contributed by atoms with Crippen molar-refractivity contribution >= 4 is 11.8 Å². The summed E-state index contributed by atoms with van der Waals surface area (Å²) in [5.74, 6) is -0.717. The van der Waals surface area contributed by atoms with Crippen LogP contribution in [0.4, 0.5) is 5.82 Å². The second-order valence-corrected chi connectivity index (χ2v) is 4.11. The Labute approximate surface area is 111 Å². The van der Waals surface area contributed by atoms with E-state index in [-0.39, 0.29) is 11.6 Å². The fraction of sp³-hybridized carbons (Fsp3) is 0.214. The van der Waals surface area contributed by atoms with E-state index in [0.29, 0.717) is 5.82 Å². The molecule has 1 aromatic carbocycles. The molecular formula is C14H15N3O2. The van der Waals surface area contributed by atoms with Crippen LogP contribution in [0, 0.1) is 0 Å². The van der Waals surface area contributed by atoms with Crippen molar-refractivity contribution in [3.8, 4) is 0 Å². The van der Waals surface area contributed by atoms with Crippen molar-refractivity contribution in [3.63, 3.8) is 0 Å². The molecule has 0 amide bonds. The highest BCUT2D eigenvalue weighted by atomic mass is 16.4. The number of carbonyl (C=O) groups is 1. The molecule has 5 heteroatoms. The van der Waals surface area contributed by atoms with E-state index in [9.17, 15) is 4.79 Å². The highest BCUT2D eigenvalue weighted by Gasteiger charge is 2.15. The van der Waals surface area contributed by atoms with Crippen molar-refractivity contribution in [1.82, 2.24) is 10.2 Å². The Hall–Kier alpha value is -2.43. The molecule has 1 heterocycles. The van der Waals surface area contributed by atoms with Gasteiger partial charge in [0.15, 0.2) is 5.82 Å². The highest BCUT2D eigenvalue weighted by molar-refractivity contribution is 5.92. The fourth-order valence-electron chi connectivity index (χ4n) is 1.88. The van der Waals surface area contributed by atoms with Gasteiger partial charge in [0.05, 0.1) is 12.2 Å². The topological polar surface area (TPSA) is 75.1 Å². The van der Waals surface area contributed by atoms with Crippen LogP contribution in [-0.4, -0.2) is 21.3 Å². The summed E-state index contributed by atoms with van der Waals surface area (Å²) in [6.07, 6.45) is 2.19. The first-order chi connectivity index (χ1) is 9.22. The summed E-state index contributed by atoms with van der Waals surface area (Å²) < 4.78 is 0. The third-order valence-electron chi connectivity index (χ3n) is 2.87. The van der Waals surface area contributed by atoms with Gasteiger partial charge < -0.3 is 10.4 Å².